The van der Waals surface area contributed by atoms with E-state index >= 15 is 0 Å². The topological polar surface area (TPSA) is 20.3 Å². The standard InChI is InChI=1S/C22H20FNOS/c1-24-20(19(14-22(24)25)15-5-3-2-4-6-15)13-18-11-12-21(26-18)16-7-9-17(23)10-8-16/h2-12,19-20H,13-14H2,1H3. The number of carbonyl (C=O) groups is 1. The van der Waals surface area contributed by atoms with Crippen molar-refractivity contribution >= 4 is 17.2 Å². The largest absolute Gasteiger partial charge is 0.342 e. The molecule has 0 spiro atoms. The quantitative estimate of drug-likeness (QED) is 0.629. The zero-order valence-electron chi connectivity index (χ0n) is 14.6. The molecule has 1 aliphatic rings. The van der Waals surface area contributed by atoms with Crippen LogP contribution in [0.2, 0.25) is 0 Å². The van der Waals surface area contributed by atoms with Crippen LogP contribution in [-0.2, 0) is 11.2 Å². The minimum atomic E-state index is -0.220. The van der Waals surface area contributed by atoms with Gasteiger partial charge in [-0.2, -0.15) is 0 Å². The number of rotatable bonds is 4. The average molecular weight is 365 g/mol. The molecular formula is C22H20FNOS. The predicted octanol–water partition coefficient (Wildman–Crippen LogP) is 5.11. The van der Waals surface area contributed by atoms with Gasteiger partial charge in [0.1, 0.15) is 5.82 Å². The summed E-state index contributed by atoms with van der Waals surface area (Å²) in [4.78, 5) is 16.6. The summed E-state index contributed by atoms with van der Waals surface area (Å²) in [7, 11) is 1.91. The van der Waals surface area contributed by atoms with E-state index in [1.54, 1.807) is 11.3 Å². The van der Waals surface area contributed by atoms with Crippen molar-refractivity contribution in [2.24, 2.45) is 0 Å². The molecule has 2 atom stereocenters. The number of likely N-dealkylation sites (tertiary alicyclic amines) is 1. The fraction of sp³-hybridized carbons (Fsp3) is 0.227. The number of benzene rings is 2. The number of halogens is 1. The second-order valence-electron chi connectivity index (χ2n) is 6.77. The zero-order valence-corrected chi connectivity index (χ0v) is 15.4. The number of thiophene rings is 1. The van der Waals surface area contributed by atoms with E-state index < -0.39 is 0 Å². The first kappa shape index (κ1) is 17.0. The Morgan fingerprint density at radius 3 is 2.50 bits per heavy atom. The van der Waals surface area contributed by atoms with Crippen molar-refractivity contribution in [1.29, 1.82) is 0 Å². The normalized spacial score (nSPS) is 19.9. The fourth-order valence-corrected chi connectivity index (χ4v) is 4.77. The van der Waals surface area contributed by atoms with E-state index in [0.717, 1.165) is 16.9 Å². The number of carbonyl (C=O) groups excluding carboxylic acids is 1. The Morgan fingerprint density at radius 1 is 1.04 bits per heavy atom. The van der Waals surface area contributed by atoms with E-state index in [-0.39, 0.29) is 23.7 Å². The van der Waals surface area contributed by atoms with Gasteiger partial charge in [-0.15, -0.1) is 11.3 Å². The molecule has 1 amide bonds. The van der Waals surface area contributed by atoms with Crippen LogP contribution in [-0.4, -0.2) is 23.9 Å². The summed E-state index contributed by atoms with van der Waals surface area (Å²) >= 11 is 1.72. The van der Waals surface area contributed by atoms with E-state index in [2.05, 4.69) is 24.3 Å². The van der Waals surface area contributed by atoms with Crippen molar-refractivity contribution in [3.05, 3.63) is 83.0 Å². The predicted molar refractivity (Wildman–Crippen MR) is 104 cm³/mol. The van der Waals surface area contributed by atoms with Gasteiger partial charge in [-0.05, 0) is 35.4 Å². The van der Waals surface area contributed by atoms with Gasteiger partial charge in [-0.25, -0.2) is 4.39 Å². The molecule has 4 rings (SSSR count). The summed E-state index contributed by atoms with van der Waals surface area (Å²) in [5.41, 5.74) is 2.25. The van der Waals surface area contributed by atoms with Gasteiger partial charge in [0.2, 0.25) is 5.91 Å². The summed E-state index contributed by atoms with van der Waals surface area (Å²) in [5.74, 6) is 0.214. The van der Waals surface area contributed by atoms with Crippen LogP contribution in [0, 0.1) is 5.82 Å². The van der Waals surface area contributed by atoms with E-state index in [1.807, 2.05) is 42.3 Å². The number of nitrogens with zero attached hydrogens (tertiary/aromatic N) is 1. The average Bonchev–Trinajstić information content (AvgIpc) is 3.24. The van der Waals surface area contributed by atoms with Crippen molar-refractivity contribution in [3.63, 3.8) is 0 Å². The molecule has 0 radical (unpaired) electrons. The van der Waals surface area contributed by atoms with E-state index in [0.29, 0.717) is 6.42 Å². The SMILES string of the molecule is CN1C(=O)CC(c2ccccc2)C1Cc1ccc(-c2ccc(F)cc2)s1. The number of likely N-dealkylation sites (N-methyl/N-ethyl adjacent to an activating group) is 1. The molecule has 2 heterocycles. The van der Waals surface area contributed by atoms with Gasteiger partial charge in [0, 0.05) is 41.6 Å². The molecule has 0 bridgehead atoms. The third-order valence-corrected chi connectivity index (χ3v) is 6.33. The Labute approximate surface area is 156 Å². The number of hydrogen-bond donors (Lipinski definition) is 0. The maximum Gasteiger partial charge on any atom is 0.223 e. The first-order valence-electron chi connectivity index (χ1n) is 8.77. The molecule has 4 heteroatoms. The minimum Gasteiger partial charge on any atom is -0.342 e. The molecule has 0 aliphatic carbocycles. The van der Waals surface area contributed by atoms with Crippen molar-refractivity contribution in [1.82, 2.24) is 4.90 Å². The molecule has 0 saturated carbocycles. The molecular weight excluding hydrogens is 345 g/mol. The Bertz CT molecular complexity index is 903. The molecule has 3 aromatic rings. The van der Waals surface area contributed by atoms with Gasteiger partial charge in [0.05, 0.1) is 0 Å². The minimum absolute atomic E-state index is 0.171. The van der Waals surface area contributed by atoms with Crippen molar-refractivity contribution in [2.45, 2.75) is 24.8 Å². The van der Waals surface area contributed by atoms with Gasteiger partial charge in [0.15, 0.2) is 0 Å². The molecule has 1 aromatic heterocycles. The van der Waals surface area contributed by atoms with Crippen molar-refractivity contribution in [2.75, 3.05) is 7.05 Å². The summed E-state index contributed by atoms with van der Waals surface area (Å²) in [5, 5.41) is 0. The molecule has 2 nitrogen and oxygen atoms in total. The fourth-order valence-electron chi connectivity index (χ4n) is 3.71. The highest BCUT2D eigenvalue weighted by Crippen LogP contribution is 2.37. The van der Waals surface area contributed by atoms with Crippen LogP contribution in [0.4, 0.5) is 4.39 Å². The molecule has 2 aromatic carbocycles. The lowest BCUT2D eigenvalue weighted by Gasteiger charge is -2.24. The molecule has 1 fully saturated rings. The third kappa shape index (κ3) is 3.29. The van der Waals surface area contributed by atoms with Gasteiger partial charge < -0.3 is 4.90 Å². The van der Waals surface area contributed by atoms with Gasteiger partial charge >= 0.3 is 0 Å². The summed E-state index contributed by atoms with van der Waals surface area (Å²) in [6.07, 6.45) is 1.41. The van der Waals surface area contributed by atoms with Gasteiger partial charge in [0.25, 0.3) is 0 Å². The highest BCUT2D eigenvalue weighted by molar-refractivity contribution is 7.15. The van der Waals surface area contributed by atoms with Gasteiger partial charge in [-0.3, -0.25) is 4.79 Å². The molecule has 132 valence electrons. The lowest BCUT2D eigenvalue weighted by Crippen LogP contribution is -2.32. The van der Waals surface area contributed by atoms with Crippen LogP contribution in [0.1, 0.15) is 22.8 Å². The lowest BCUT2D eigenvalue weighted by molar-refractivity contribution is -0.127. The summed E-state index contributed by atoms with van der Waals surface area (Å²) in [6.45, 7) is 0. The maximum absolute atomic E-state index is 13.1. The summed E-state index contributed by atoms with van der Waals surface area (Å²) in [6, 6.07) is 21.3. The lowest BCUT2D eigenvalue weighted by atomic mass is 9.89. The van der Waals surface area contributed by atoms with E-state index in [4.69, 9.17) is 0 Å². The van der Waals surface area contributed by atoms with E-state index in [1.165, 1.54) is 22.6 Å². The van der Waals surface area contributed by atoms with Crippen LogP contribution >= 0.6 is 11.3 Å². The van der Waals surface area contributed by atoms with Gasteiger partial charge in [-0.1, -0.05) is 42.5 Å². The van der Waals surface area contributed by atoms with Crippen molar-refractivity contribution in [3.8, 4) is 10.4 Å². The van der Waals surface area contributed by atoms with E-state index in [9.17, 15) is 9.18 Å². The van der Waals surface area contributed by atoms with Crippen LogP contribution in [0.3, 0.4) is 0 Å². The molecule has 0 N–H and O–H groups in total. The van der Waals surface area contributed by atoms with Crippen LogP contribution in [0.15, 0.2) is 66.7 Å². The zero-order chi connectivity index (χ0) is 18.1. The Kier molecular flexibility index (Phi) is 4.60. The van der Waals surface area contributed by atoms with Crippen molar-refractivity contribution < 1.29 is 9.18 Å². The second kappa shape index (κ2) is 7.04. The van der Waals surface area contributed by atoms with Crippen LogP contribution in [0.25, 0.3) is 10.4 Å². The molecule has 1 saturated heterocycles. The highest BCUT2D eigenvalue weighted by atomic mass is 32.1. The Hall–Kier alpha value is -2.46. The molecule has 1 aliphatic heterocycles. The molecule has 26 heavy (non-hydrogen) atoms. The van der Waals surface area contributed by atoms with Crippen LogP contribution in [0.5, 0.6) is 0 Å². The smallest absolute Gasteiger partial charge is 0.223 e. The monoisotopic (exact) mass is 365 g/mol. The number of hydrogen-bond acceptors (Lipinski definition) is 2. The summed E-state index contributed by atoms with van der Waals surface area (Å²) < 4.78 is 13.1. The highest BCUT2D eigenvalue weighted by Gasteiger charge is 2.38. The first-order chi connectivity index (χ1) is 12.6. The molecule has 2 unspecified atom stereocenters. The van der Waals surface area contributed by atoms with Crippen LogP contribution < -0.4 is 0 Å². The maximum atomic E-state index is 13.1. The third-order valence-electron chi connectivity index (χ3n) is 5.18. The first-order valence-corrected chi connectivity index (χ1v) is 9.59. The second-order valence-corrected chi connectivity index (χ2v) is 7.94. The Morgan fingerprint density at radius 2 is 1.77 bits per heavy atom. The number of amides is 1. The Balaban J connectivity index is 1.57.